The maximum absolute atomic E-state index is 12.0. The number of rotatable bonds is 4. The molecule has 1 atom stereocenters. The van der Waals surface area contributed by atoms with Gasteiger partial charge < -0.3 is 15.3 Å². The minimum absolute atomic E-state index is 0.0293. The quantitative estimate of drug-likeness (QED) is 0.826. The number of nitrogens with one attached hydrogen (secondary N) is 1. The van der Waals surface area contributed by atoms with Gasteiger partial charge in [0.25, 0.3) is 0 Å². The third kappa shape index (κ3) is 3.18. The Bertz CT molecular complexity index is 468. The predicted octanol–water partition coefficient (Wildman–Crippen LogP) is 0.598. The van der Waals surface area contributed by atoms with Crippen LogP contribution in [-0.2, 0) is 4.79 Å². The Morgan fingerprint density at radius 3 is 2.53 bits per heavy atom. The van der Waals surface area contributed by atoms with E-state index in [-0.39, 0.29) is 11.6 Å². The predicted molar refractivity (Wildman–Crippen MR) is 67.9 cm³/mol. The monoisotopic (exact) mass is 264 g/mol. The van der Waals surface area contributed by atoms with Crippen molar-refractivity contribution >= 4 is 17.7 Å². The Morgan fingerprint density at radius 2 is 2.00 bits per heavy atom. The number of aromatic carboxylic acids is 1. The van der Waals surface area contributed by atoms with E-state index in [2.05, 4.69) is 15.3 Å². The van der Waals surface area contributed by atoms with E-state index in [9.17, 15) is 9.59 Å². The largest absolute Gasteiger partial charge is 0.476 e. The van der Waals surface area contributed by atoms with Gasteiger partial charge in [-0.1, -0.05) is 0 Å². The third-order valence-corrected chi connectivity index (χ3v) is 3.02. The third-order valence-electron chi connectivity index (χ3n) is 3.02. The topological polar surface area (TPSA) is 95.4 Å². The first-order chi connectivity index (χ1) is 9.08. The van der Waals surface area contributed by atoms with Gasteiger partial charge in [-0.2, -0.15) is 0 Å². The first-order valence-electron chi connectivity index (χ1n) is 6.18. The summed E-state index contributed by atoms with van der Waals surface area (Å²) in [7, 11) is 0. The van der Waals surface area contributed by atoms with Gasteiger partial charge in [0.2, 0.25) is 5.91 Å². The van der Waals surface area contributed by atoms with Gasteiger partial charge >= 0.3 is 5.97 Å². The lowest BCUT2D eigenvalue weighted by Gasteiger charge is -2.21. The first-order valence-corrected chi connectivity index (χ1v) is 6.18. The second-order valence-corrected chi connectivity index (χ2v) is 4.49. The van der Waals surface area contributed by atoms with Crippen molar-refractivity contribution < 1.29 is 14.7 Å². The van der Waals surface area contributed by atoms with Crippen molar-refractivity contribution in [2.75, 3.05) is 18.4 Å². The van der Waals surface area contributed by atoms with Gasteiger partial charge in [-0.25, -0.2) is 14.8 Å². The standard InChI is InChI=1S/C12H16N4O3/c1-8(11(17)16-4-2-3-5-16)15-10-7-13-9(6-14-10)12(18)19/h6-8H,2-5H2,1H3,(H,14,15)(H,18,19). The highest BCUT2D eigenvalue weighted by atomic mass is 16.4. The minimum atomic E-state index is -1.12. The SMILES string of the molecule is CC(Nc1cnc(C(=O)O)cn1)C(=O)N1CCCC1. The molecule has 2 heterocycles. The van der Waals surface area contributed by atoms with Crippen LogP contribution in [0.2, 0.25) is 0 Å². The number of aromatic nitrogens is 2. The van der Waals surface area contributed by atoms with Crippen molar-refractivity contribution in [1.29, 1.82) is 0 Å². The van der Waals surface area contributed by atoms with Crippen molar-refractivity contribution in [3.05, 3.63) is 18.1 Å². The summed E-state index contributed by atoms with van der Waals surface area (Å²) in [4.78, 5) is 32.2. The van der Waals surface area contributed by atoms with Crippen LogP contribution < -0.4 is 5.32 Å². The van der Waals surface area contributed by atoms with Crippen LogP contribution in [0.4, 0.5) is 5.82 Å². The van der Waals surface area contributed by atoms with Crippen molar-refractivity contribution in [3.8, 4) is 0 Å². The summed E-state index contributed by atoms with van der Waals surface area (Å²) < 4.78 is 0. The van der Waals surface area contributed by atoms with Crippen LogP contribution >= 0.6 is 0 Å². The Labute approximate surface area is 110 Å². The summed E-state index contributed by atoms with van der Waals surface area (Å²) in [5.41, 5.74) is -0.121. The van der Waals surface area contributed by atoms with Crippen LogP contribution in [-0.4, -0.2) is 51.0 Å². The molecular weight excluding hydrogens is 248 g/mol. The highest BCUT2D eigenvalue weighted by Crippen LogP contribution is 2.11. The van der Waals surface area contributed by atoms with Crippen molar-refractivity contribution in [3.63, 3.8) is 0 Å². The van der Waals surface area contributed by atoms with Gasteiger partial charge in [0, 0.05) is 13.1 Å². The molecule has 0 saturated carbocycles. The average molecular weight is 264 g/mol. The second kappa shape index (κ2) is 5.64. The van der Waals surface area contributed by atoms with Crippen LogP contribution in [0.5, 0.6) is 0 Å². The summed E-state index contributed by atoms with van der Waals surface area (Å²) in [6, 6.07) is -0.400. The Kier molecular flexibility index (Phi) is 3.94. The Hall–Kier alpha value is -2.18. The van der Waals surface area contributed by atoms with E-state index in [0.717, 1.165) is 32.1 Å². The average Bonchev–Trinajstić information content (AvgIpc) is 2.92. The van der Waals surface area contributed by atoms with Gasteiger partial charge in [-0.05, 0) is 19.8 Å². The molecule has 0 aromatic carbocycles. The molecule has 1 unspecified atom stereocenters. The molecule has 1 fully saturated rings. The number of hydrogen-bond acceptors (Lipinski definition) is 5. The molecule has 1 aromatic heterocycles. The molecule has 1 aliphatic heterocycles. The van der Waals surface area contributed by atoms with Gasteiger partial charge in [0.1, 0.15) is 11.9 Å². The molecule has 0 radical (unpaired) electrons. The fourth-order valence-electron chi connectivity index (χ4n) is 2.01. The van der Waals surface area contributed by atoms with Crippen molar-refractivity contribution in [2.24, 2.45) is 0 Å². The number of amides is 1. The lowest BCUT2D eigenvalue weighted by atomic mass is 10.3. The van der Waals surface area contributed by atoms with E-state index in [4.69, 9.17) is 5.11 Å². The molecule has 1 aromatic rings. The number of carbonyl (C=O) groups is 2. The molecule has 102 valence electrons. The molecular formula is C12H16N4O3. The Morgan fingerprint density at radius 1 is 1.32 bits per heavy atom. The van der Waals surface area contributed by atoms with Crippen LogP contribution in [0.1, 0.15) is 30.3 Å². The molecule has 2 N–H and O–H groups in total. The molecule has 0 spiro atoms. The molecule has 1 aliphatic rings. The summed E-state index contributed by atoms with van der Waals surface area (Å²) in [6.45, 7) is 3.36. The molecule has 0 aliphatic carbocycles. The van der Waals surface area contributed by atoms with Crippen LogP contribution in [0.15, 0.2) is 12.4 Å². The fraction of sp³-hybridized carbons (Fsp3) is 0.500. The maximum atomic E-state index is 12.0. The number of nitrogens with zero attached hydrogens (tertiary/aromatic N) is 3. The molecule has 2 rings (SSSR count). The van der Waals surface area contributed by atoms with Crippen LogP contribution in [0, 0.1) is 0 Å². The van der Waals surface area contributed by atoms with Gasteiger partial charge in [-0.3, -0.25) is 4.79 Å². The second-order valence-electron chi connectivity index (χ2n) is 4.49. The van der Waals surface area contributed by atoms with E-state index in [1.807, 2.05) is 4.90 Å². The molecule has 19 heavy (non-hydrogen) atoms. The van der Waals surface area contributed by atoms with E-state index in [0.29, 0.717) is 5.82 Å². The summed E-state index contributed by atoms with van der Waals surface area (Å²) in [6.07, 6.45) is 4.58. The zero-order chi connectivity index (χ0) is 13.8. The van der Waals surface area contributed by atoms with E-state index >= 15 is 0 Å². The first kappa shape index (κ1) is 13.3. The zero-order valence-electron chi connectivity index (χ0n) is 10.7. The highest BCUT2D eigenvalue weighted by molar-refractivity contribution is 5.85. The summed E-state index contributed by atoms with van der Waals surface area (Å²) in [5, 5.41) is 11.6. The lowest BCUT2D eigenvalue weighted by Crippen LogP contribution is -2.39. The molecule has 0 bridgehead atoms. The molecule has 7 nitrogen and oxygen atoms in total. The smallest absolute Gasteiger partial charge is 0.356 e. The van der Waals surface area contributed by atoms with Gasteiger partial charge in [-0.15, -0.1) is 0 Å². The summed E-state index contributed by atoms with van der Waals surface area (Å²) in [5.74, 6) is -0.702. The molecule has 7 heteroatoms. The maximum Gasteiger partial charge on any atom is 0.356 e. The fourth-order valence-corrected chi connectivity index (χ4v) is 2.01. The number of carboxylic acid groups (broad SMARTS) is 1. The van der Waals surface area contributed by atoms with Crippen LogP contribution in [0.25, 0.3) is 0 Å². The lowest BCUT2D eigenvalue weighted by molar-refractivity contribution is -0.130. The van der Waals surface area contributed by atoms with E-state index < -0.39 is 12.0 Å². The number of carboxylic acids is 1. The van der Waals surface area contributed by atoms with Crippen molar-refractivity contribution in [2.45, 2.75) is 25.8 Å². The zero-order valence-corrected chi connectivity index (χ0v) is 10.7. The van der Waals surface area contributed by atoms with Crippen molar-refractivity contribution in [1.82, 2.24) is 14.9 Å². The Balaban J connectivity index is 1.96. The summed E-state index contributed by atoms with van der Waals surface area (Å²) >= 11 is 0. The number of hydrogen-bond donors (Lipinski definition) is 2. The van der Waals surface area contributed by atoms with Gasteiger partial charge in [0.15, 0.2) is 5.69 Å². The van der Waals surface area contributed by atoms with E-state index in [1.54, 1.807) is 6.92 Å². The van der Waals surface area contributed by atoms with Gasteiger partial charge in [0.05, 0.1) is 12.4 Å². The van der Waals surface area contributed by atoms with Crippen LogP contribution in [0.3, 0.4) is 0 Å². The number of carbonyl (C=O) groups excluding carboxylic acids is 1. The van der Waals surface area contributed by atoms with E-state index in [1.165, 1.54) is 6.20 Å². The number of anilines is 1. The molecule has 1 saturated heterocycles. The number of likely N-dealkylation sites (tertiary alicyclic amines) is 1. The normalized spacial score (nSPS) is 16.2. The minimum Gasteiger partial charge on any atom is -0.476 e. The highest BCUT2D eigenvalue weighted by Gasteiger charge is 2.23. The molecule has 1 amide bonds.